The second kappa shape index (κ2) is 9.08. The summed E-state index contributed by atoms with van der Waals surface area (Å²) in [4.78, 5) is 21.4. The Morgan fingerprint density at radius 2 is 1.97 bits per heavy atom. The van der Waals surface area contributed by atoms with Crippen molar-refractivity contribution in [2.75, 3.05) is 6.61 Å². The van der Waals surface area contributed by atoms with E-state index >= 15 is 4.39 Å². The number of nitriles is 1. The smallest absolute Gasteiger partial charge is 0.373 e. The quantitative estimate of drug-likeness (QED) is 0.378. The van der Waals surface area contributed by atoms with E-state index in [1.807, 2.05) is 12.3 Å². The van der Waals surface area contributed by atoms with Gasteiger partial charge in [-0.3, -0.25) is 19.0 Å². The van der Waals surface area contributed by atoms with Gasteiger partial charge >= 0.3 is 6.18 Å². The first-order chi connectivity index (χ1) is 17.6. The maximum atomic E-state index is 15.1. The molecule has 0 aliphatic carbocycles. The van der Waals surface area contributed by atoms with E-state index in [4.69, 9.17) is 10.00 Å². The fraction of sp³-hybridized carbons (Fsp3) is 0.320. The lowest BCUT2D eigenvalue weighted by atomic mass is 9.89. The molecule has 0 N–H and O–H groups in total. The van der Waals surface area contributed by atoms with Crippen LogP contribution in [0.1, 0.15) is 47.5 Å². The molecule has 190 valence electrons. The van der Waals surface area contributed by atoms with Crippen LogP contribution in [-0.4, -0.2) is 30.9 Å². The number of aromatic nitrogens is 5. The lowest BCUT2D eigenvalue weighted by Crippen LogP contribution is -2.28. The molecular weight excluding hydrogens is 492 g/mol. The normalized spacial score (nSPS) is 18.2. The Kier molecular flexibility index (Phi) is 6.03. The van der Waals surface area contributed by atoms with Gasteiger partial charge in [-0.25, -0.2) is 9.37 Å². The zero-order chi connectivity index (χ0) is 26.5. The molecule has 8 nitrogen and oxygen atoms in total. The van der Waals surface area contributed by atoms with Crippen LogP contribution in [0.15, 0.2) is 41.5 Å². The first-order valence-corrected chi connectivity index (χ1v) is 11.4. The maximum Gasteiger partial charge on any atom is 0.449 e. The average molecular weight is 512 g/mol. The van der Waals surface area contributed by atoms with Crippen LogP contribution in [0, 0.1) is 17.1 Å². The van der Waals surface area contributed by atoms with E-state index < -0.39 is 23.4 Å². The SMILES string of the molecule is Cn1cc([C@@H]2C[C@@H](c3cc4c(=O)n(C)c(C(F)(F)F)nc4c(-c4ccc(C#N)cc4F)n3)CCO2)cn1. The highest BCUT2D eigenvalue weighted by Gasteiger charge is 2.37. The van der Waals surface area contributed by atoms with Crippen LogP contribution in [-0.2, 0) is 25.0 Å². The summed E-state index contributed by atoms with van der Waals surface area (Å²) in [7, 11) is 2.78. The van der Waals surface area contributed by atoms with Crippen LogP contribution in [0.3, 0.4) is 0 Å². The van der Waals surface area contributed by atoms with E-state index in [9.17, 15) is 18.0 Å². The summed E-state index contributed by atoms with van der Waals surface area (Å²) < 4.78 is 64.1. The zero-order valence-electron chi connectivity index (χ0n) is 19.8. The van der Waals surface area contributed by atoms with Crippen LogP contribution in [0.25, 0.3) is 22.2 Å². The van der Waals surface area contributed by atoms with Gasteiger partial charge in [0.15, 0.2) is 0 Å². The monoisotopic (exact) mass is 512 g/mol. The second-order valence-corrected chi connectivity index (χ2v) is 8.92. The number of hydrogen-bond acceptors (Lipinski definition) is 6. The molecule has 0 unspecified atom stereocenters. The first-order valence-electron chi connectivity index (χ1n) is 11.4. The van der Waals surface area contributed by atoms with Gasteiger partial charge in [-0.1, -0.05) is 0 Å². The summed E-state index contributed by atoms with van der Waals surface area (Å²) in [6, 6.07) is 6.81. The summed E-state index contributed by atoms with van der Waals surface area (Å²) in [6.07, 6.45) is -0.673. The Labute approximate surface area is 207 Å². The molecule has 4 aromatic rings. The molecule has 1 aliphatic heterocycles. The Morgan fingerprint density at radius 1 is 1.19 bits per heavy atom. The number of rotatable bonds is 3. The average Bonchev–Trinajstić information content (AvgIpc) is 3.31. The molecule has 0 bridgehead atoms. The van der Waals surface area contributed by atoms with Crippen molar-refractivity contribution in [1.82, 2.24) is 24.3 Å². The minimum absolute atomic E-state index is 0.0327. The molecule has 1 saturated heterocycles. The van der Waals surface area contributed by atoms with Crippen molar-refractivity contribution in [3.63, 3.8) is 0 Å². The Hall–Kier alpha value is -4.11. The number of nitrogens with zero attached hydrogens (tertiary/aromatic N) is 6. The summed E-state index contributed by atoms with van der Waals surface area (Å²) in [5.74, 6) is -2.51. The number of halogens is 4. The van der Waals surface area contributed by atoms with E-state index in [0.717, 1.165) is 18.7 Å². The zero-order valence-corrected chi connectivity index (χ0v) is 19.8. The summed E-state index contributed by atoms with van der Waals surface area (Å²) in [6.45, 7) is 0.383. The van der Waals surface area contributed by atoms with E-state index in [0.29, 0.717) is 29.7 Å². The van der Waals surface area contributed by atoms with Crippen LogP contribution in [0.5, 0.6) is 0 Å². The highest BCUT2D eigenvalue weighted by atomic mass is 19.4. The van der Waals surface area contributed by atoms with E-state index in [2.05, 4.69) is 15.1 Å². The van der Waals surface area contributed by atoms with Crippen molar-refractivity contribution in [3.8, 4) is 17.3 Å². The number of alkyl halides is 3. The fourth-order valence-electron chi connectivity index (χ4n) is 4.62. The van der Waals surface area contributed by atoms with Gasteiger partial charge in [0.2, 0.25) is 5.82 Å². The van der Waals surface area contributed by atoms with Gasteiger partial charge in [0, 0.05) is 49.6 Å². The molecule has 1 aliphatic rings. The number of benzene rings is 1. The molecule has 0 amide bonds. The largest absolute Gasteiger partial charge is 0.449 e. The molecule has 5 rings (SSSR count). The molecule has 0 radical (unpaired) electrons. The standard InChI is InChI=1S/C25H20F4N6O2/c1-34-12-15(11-31-34)20-8-14(5-6-37-20)19-9-17-22(33-24(25(27,28)29)35(2)23(17)36)21(32-19)16-4-3-13(10-30)7-18(16)26/h3-4,7,9,11-12,14,20H,5-6,8H2,1-2H3/t14-,20-/m0/s1. The fourth-order valence-corrected chi connectivity index (χ4v) is 4.62. The van der Waals surface area contributed by atoms with Gasteiger partial charge < -0.3 is 4.74 Å². The van der Waals surface area contributed by atoms with Crippen LogP contribution in [0.2, 0.25) is 0 Å². The van der Waals surface area contributed by atoms with Crippen molar-refractivity contribution >= 4 is 10.9 Å². The number of aryl methyl sites for hydroxylation is 1. The number of ether oxygens (including phenoxy) is 1. The molecule has 37 heavy (non-hydrogen) atoms. The van der Waals surface area contributed by atoms with Crippen molar-refractivity contribution in [3.05, 3.63) is 75.5 Å². The highest BCUT2D eigenvalue weighted by Crippen LogP contribution is 2.39. The molecule has 4 heterocycles. The number of pyridine rings is 1. The highest BCUT2D eigenvalue weighted by molar-refractivity contribution is 5.91. The van der Waals surface area contributed by atoms with Gasteiger partial charge in [0.05, 0.1) is 35.0 Å². The first kappa shape index (κ1) is 24.6. The van der Waals surface area contributed by atoms with Crippen molar-refractivity contribution < 1.29 is 22.3 Å². The van der Waals surface area contributed by atoms with Crippen LogP contribution in [0.4, 0.5) is 17.6 Å². The molecule has 12 heteroatoms. The van der Waals surface area contributed by atoms with E-state index in [-0.39, 0.29) is 39.7 Å². The Morgan fingerprint density at radius 3 is 2.62 bits per heavy atom. The molecule has 0 saturated carbocycles. The predicted molar refractivity (Wildman–Crippen MR) is 124 cm³/mol. The Balaban J connectivity index is 1.72. The number of fused-ring (bicyclic) bond motifs is 1. The minimum Gasteiger partial charge on any atom is -0.373 e. The van der Waals surface area contributed by atoms with Crippen LogP contribution < -0.4 is 5.56 Å². The summed E-state index contributed by atoms with van der Waals surface area (Å²) in [5, 5.41) is 13.2. The third-order valence-electron chi connectivity index (χ3n) is 6.49. The molecule has 1 fully saturated rings. The van der Waals surface area contributed by atoms with Gasteiger partial charge in [0.25, 0.3) is 5.56 Å². The van der Waals surface area contributed by atoms with Crippen molar-refractivity contribution in [2.45, 2.75) is 31.0 Å². The topological polar surface area (TPSA) is 98.6 Å². The van der Waals surface area contributed by atoms with Crippen molar-refractivity contribution in [2.24, 2.45) is 14.1 Å². The molecule has 2 atom stereocenters. The van der Waals surface area contributed by atoms with Gasteiger partial charge in [-0.2, -0.15) is 23.5 Å². The predicted octanol–water partition coefficient (Wildman–Crippen LogP) is 4.39. The van der Waals surface area contributed by atoms with Gasteiger partial charge in [-0.05, 0) is 37.1 Å². The van der Waals surface area contributed by atoms with Gasteiger partial charge in [-0.15, -0.1) is 0 Å². The maximum absolute atomic E-state index is 15.1. The lowest BCUT2D eigenvalue weighted by molar-refractivity contribution is -0.147. The van der Waals surface area contributed by atoms with Crippen molar-refractivity contribution in [1.29, 1.82) is 5.26 Å². The number of hydrogen-bond donors (Lipinski definition) is 0. The molecule has 1 aromatic carbocycles. The second-order valence-electron chi connectivity index (χ2n) is 8.92. The molecular formula is C25H20F4N6O2. The third kappa shape index (κ3) is 4.46. The molecule has 0 spiro atoms. The van der Waals surface area contributed by atoms with Crippen LogP contribution >= 0.6 is 0 Å². The third-order valence-corrected chi connectivity index (χ3v) is 6.49. The Bertz CT molecular complexity index is 1620. The molecule has 3 aromatic heterocycles. The summed E-state index contributed by atoms with van der Waals surface area (Å²) in [5.41, 5.74) is -0.324. The summed E-state index contributed by atoms with van der Waals surface area (Å²) >= 11 is 0. The minimum atomic E-state index is -4.92. The van der Waals surface area contributed by atoms with Gasteiger partial charge in [0.1, 0.15) is 11.3 Å². The van der Waals surface area contributed by atoms with E-state index in [1.54, 1.807) is 17.9 Å². The van der Waals surface area contributed by atoms with E-state index in [1.165, 1.54) is 18.2 Å². The lowest BCUT2D eigenvalue weighted by Gasteiger charge is -2.29.